The molecule has 0 aromatic heterocycles. The first-order valence-corrected chi connectivity index (χ1v) is 6.42. The van der Waals surface area contributed by atoms with Crippen molar-refractivity contribution in [2.24, 2.45) is 11.7 Å². The van der Waals surface area contributed by atoms with Gasteiger partial charge < -0.3 is 10.5 Å². The molecule has 1 aliphatic carbocycles. The third-order valence-electron chi connectivity index (χ3n) is 3.05. The summed E-state index contributed by atoms with van der Waals surface area (Å²) in [7, 11) is 0. The maximum absolute atomic E-state index is 12.9. The Labute approximate surface area is 114 Å². The van der Waals surface area contributed by atoms with Gasteiger partial charge in [0.2, 0.25) is 0 Å². The van der Waals surface area contributed by atoms with Gasteiger partial charge in [-0.25, -0.2) is 0 Å². The first-order chi connectivity index (χ1) is 8.88. The van der Waals surface area contributed by atoms with Crippen LogP contribution in [0.25, 0.3) is 0 Å². The number of hydrogen-bond acceptors (Lipinski definition) is 2. The van der Waals surface area contributed by atoms with E-state index in [1.807, 2.05) is 0 Å². The van der Waals surface area contributed by atoms with Crippen molar-refractivity contribution in [2.45, 2.75) is 25.4 Å². The van der Waals surface area contributed by atoms with E-state index in [0.29, 0.717) is 12.5 Å². The Hall–Kier alpha value is -1.30. The van der Waals surface area contributed by atoms with Crippen molar-refractivity contribution in [3.63, 3.8) is 0 Å². The molecule has 0 unspecified atom stereocenters. The first kappa shape index (κ1) is 14.1. The fourth-order valence-electron chi connectivity index (χ4n) is 1.77. The van der Waals surface area contributed by atoms with Gasteiger partial charge in [-0.2, -0.15) is 13.2 Å². The lowest BCUT2D eigenvalue weighted by molar-refractivity contribution is -0.139. The van der Waals surface area contributed by atoms with Crippen molar-refractivity contribution in [2.75, 3.05) is 6.61 Å². The quantitative estimate of drug-likeness (QED) is 0.842. The highest BCUT2D eigenvalue weighted by Gasteiger charge is 2.35. The Morgan fingerprint density at radius 1 is 1.37 bits per heavy atom. The lowest BCUT2D eigenvalue weighted by Gasteiger charge is -2.15. The predicted molar refractivity (Wildman–Crippen MR) is 70.2 cm³/mol. The first-order valence-electron chi connectivity index (χ1n) is 6.02. The number of nitrogens with two attached hydrogens (primary N) is 1. The zero-order valence-corrected chi connectivity index (χ0v) is 11.0. The highest BCUT2D eigenvalue weighted by Crippen LogP contribution is 2.38. The summed E-state index contributed by atoms with van der Waals surface area (Å²) >= 11 is 4.69. The van der Waals surface area contributed by atoms with E-state index in [1.54, 1.807) is 0 Å². The average molecular weight is 289 g/mol. The van der Waals surface area contributed by atoms with Crippen molar-refractivity contribution >= 4 is 17.2 Å². The van der Waals surface area contributed by atoms with Crippen molar-refractivity contribution in [3.05, 3.63) is 29.3 Å². The SMILES string of the molecule is NC(=S)c1ccc(OCCC2CC2)c(C(F)(F)F)c1. The van der Waals surface area contributed by atoms with Crippen LogP contribution >= 0.6 is 12.2 Å². The predicted octanol–water partition coefficient (Wildman–Crippen LogP) is 3.52. The molecule has 19 heavy (non-hydrogen) atoms. The van der Waals surface area contributed by atoms with Crippen LogP contribution in [0, 0.1) is 5.92 Å². The molecule has 1 aliphatic rings. The minimum absolute atomic E-state index is 0.0602. The number of ether oxygens (including phenoxy) is 1. The summed E-state index contributed by atoms with van der Waals surface area (Å²) in [5, 5.41) is 0. The van der Waals surface area contributed by atoms with Crippen LogP contribution in [0.3, 0.4) is 0 Å². The van der Waals surface area contributed by atoms with Gasteiger partial charge in [-0.3, -0.25) is 0 Å². The van der Waals surface area contributed by atoms with E-state index in [1.165, 1.54) is 12.1 Å². The summed E-state index contributed by atoms with van der Waals surface area (Å²) in [5.41, 5.74) is 4.71. The number of benzene rings is 1. The molecule has 1 saturated carbocycles. The Balaban J connectivity index is 2.17. The second-order valence-corrected chi connectivity index (χ2v) is 5.09. The van der Waals surface area contributed by atoms with E-state index in [0.717, 1.165) is 25.3 Å². The van der Waals surface area contributed by atoms with Crippen LogP contribution in [-0.2, 0) is 6.18 Å². The summed E-state index contributed by atoms with van der Waals surface area (Å²) in [4.78, 5) is -0.0602. The van der Waals surface area contributed by atoms with Gasteiger partial charge in [0.05, 0.1) is 12.2 Å². The molecule has 0 aliphatic heterocycles. The minimum atomic E-state index is -4.48. The molecule has 104 valence electrons. The monoisotopic (exact) mass is 289 g/mol. The van der Waals surface area contributed by atoms with Crippen LogP contribution in [-0.4, -0.2) is 11.6 Å². The standard InChI is InChI=1S/C13H14F3NOS/c14-13(15,16)10-7-9(12(17)19)3-4-11(10)18-6-5-8-1-2-8/h3-4,7-8H,1-2,5-6H2,(H2,17,19). The lowest BCUT2D eigenvalue weighted by Crippen LogP contribution is -2.14. The summed E-state index contributed by atoms with van der Waals surface area (Å²) in [5.74, 6) is 0.457. The number of hydrogen-bond donors (Lipinski definition) is 1. The summed E-state index contributed by atoms with van der Waals surface area (Å²) in [6.45, 7) is 0.306. The Morgan fingerprint density at radius 3 is 2.58 bits per heavy atom. The Bertz CT molecular complexity index is 483. The summed E-state index contributed by atoms with van der Waals surface area (Å²) in [6, 6.07) is 3.67. The topological polar surface area (TPSA) is 35.2 Å². The van der Waals surface area contributed by atoms with E-state index in [-0.39, 0.29) is 16.3 Å². The van der Waals surface area contributed by atoms with Gasteiger partial charge in [-0.1, -0.05) is 25.1 Å². The van der Waals surface area contributed by atoms with E-state index >= 15 is 0 Å². The third-order valence-corrected chi connectivity index (χ3v) is 3.29. The fourth-order valence-corrected chi connectivity index (χ4v) is 1.90. The van der Waals surface area contributed by atoms with Gasteiger partial charge in [0.25, 0.3) is 0 Å². The molecule has 0 heterocycles. The highest BCUT2D eigenvalue weighted by atomic mass is 32.1. The van der Waals surface area contributed by atoms with E-state index in [9.17, 15) is 13.2 Å². The number of rotatable bonds is 5. The summed E-state index contributed by atoms with van der Waals surface area (Å²) in [6.07, 6.45) is -1.38. The summed E-state index contributed by atoms with van der Waals surface area (Å²) < 4.78 is 44.0. The van der Waals surface area contributed by atoms with Crippen molar-refractivity contribution in [1.82, 2.24) is 0 Å². The van der Waals surface area contributed by atoms with E-state index in [4.69, 9.17) is 10.5 Å². The molecule has 0 spiro atoms. The molecular formula is C13H14F3NOS. The molecule has 2 N–H and O–H groups in total. The molecule has 0 bridgehead atoms. The molecule has 6 heteroatoms. The maximum Gasteiger partial charge on any atom is 0.419 e. The van der Waals surface area contributed by atoms with Crippen LogP contribution in [0.4, 0.5) is 13.2 Å². The zero-order chi connectivity index (χ0) is 14.0. The Kier molecular flexibility index (Phi) is 3.99. The highest BCUT2D eigenvalue weighted by molar-refractivity contribution is 7.80. The van der Waals surface area contributed by atoms with Gasteiger partial charge in [-0.05, 0) is 30.5 Å². The van der Waals surface area contributed by atoms with Crippen molar-refractivity contribution in [3.8, 4) is 5.75 Å². The van der Waals surface area contributed by atoms with Gasteiger partial charge in [0, 0.05) is 5.56 Å². The van der Waals surface area contributed by atoms with Crippen LogP contribution in [0.2, 0.25) is 0 Å². The van der Waals surface area contributed by atoms with Gasteiger partial charge in [0.1, 0.15) is 10.7 Å². The largest absolute Gasteiger partial charge is 0.493 e. The third kappa shape index (κ3) is 3.83. The molecule has 1 fully saturated rings. The number of halogens is 3. The van der Waals surface area contributed by atoms with Crippen molar-refractivity contribution in [1.29, 1.82) is 0 Å². The van der Waals surface area contributed by atoms with E-state index in [2.05, 4.69) is 12.2 Å². The molecule has 2 rings (SSSR count). The molecule has 1 aromatic carbocycles. The lowest BCUT2D eigenvalue weighted by atomic mass is 10.1. The molecule has 0 radical (unpaired) electrons. The molecule has 0 amide bonds. The smallest absolute Gasteiger partial charge is 0.419 e. The van der Waals surface area contributed by atoms with Crippen LogP contribution < -0.4 is 10.5 Å². The molecule has 0 atom stereocenters. The number of alkyl halides is 3. The Morgan fingerprint density at radius 2 is 2.05 bits per heavy atom. The van der Waals surface area contributed by atoms with Crippen LogP contribution in [0.5, 0.6) is 5.75 Å². The molecule has 2 nitrogen and oxygen atoms in total. The maximum atomic E-state index is 12.9. The molecule has 0 saturated heterocycles. The van der Waals surface area contributed by atoms with Crippen molar-refractivity contribution < 1.29 is 17.9 Å². The normalized spacial score (nSPS) is 15.3. The molecular weight excluding hydrogens is 275 g/mol. The average Bonchev–Trinajstić information content (AvgIpc) is 3.11. The van der Waals surface area contributed by atoms with Gasteiger partial charge >= 0.3 is 6.18 Å². The fraction of sp³-hybridized carbons (Fsp3) is 0.462. The minimum Gasteiger partial charge on any atom is -0.493 e. The van der Waals surface area contributed by atoms with Gasteiger partial charge in [0.15, 0.2) is 0 Å². The zero-order valence-electron chi connectivity index (χ0n) is 10.2. The number of thiocarbonyl (C=S) groups is 1. The van der Waals surface area contributed by atoms with Gasteiger partial charge in [-0.15, -0.1) is 0 Å². The van der Waals surface area contributed by atoms with Crippen LogP contribution in [0.15, 0.2) is 18.2 Å². The van der Waals surface area contributed by atoms with Crippen LogP contribution in [0.1, 0.15) is 30.4 Å². The second kappa shape index (κ2) is 5.36. The van der Waals surface area contributed by atoms with E-state index < -0.39 is 11.7 Å². The molecule has 1 aromatic rings. The second-order valence-electron chi connectivity index (χ2n) is 4.65.